The number of rotatable bonds is 6. The molecule has 2 rings (SSSR count). The van der Waals surface area contributed by atoms with Crippen LogP contribution >= 0.6 is 0 Å². The number of allylic oxidation sites excluding steroid dienone is 1. The molecule has 0 nitrogen and oxygen atoms in total. The molecule has 0 saturated carbocycles. The first-order valence-electron chi connectivity index (χ1n) is 6.52. The molecule has 0 amide bonds. The highest BCUT2D eigenvalue weighted by Gasteiger charge is 1.91. The number of benzene rings is 2. The number of aryl methyl sites for hydroxylation is 1. The van der Waals surface area contributed by atoms with E-state index in [4.69, 9.17) is 0 Å². The minimum Gasteiger partial charge on any atom is -0.0837 e. The lowest BCUT2D eigenvalue weighted by Crippen LogP contribution is -1.84. The Kier molecular flexibility index (Phi) is 5.26. The summed E-state index contributed by atoms with van der Waals surface area (Å²) in [4.78, 5) is 0. The highest BCUT2D eigenvalue weighted by Crippen LogP contribution is 2.07. The summed E-state index contributed by atoms with van der Waals surface area (Å²) in [6.45, 7) is 0. The minimum absolute atomic E-state index is 1.04. The first-order chi connectivity index (χ1) is 8.95. The van der Waals surface area contributed by atoms with Crippen molar-refractivity contribution in [2.75, 3.05) is 0 Å². The van der Waals surface area contributed by atoms with Crippen molar-refractivity contribution in [2.45, 2.75) is 19.3 Å². The zero-order chi connectivity index (χ0) is 12.5. The van der Waals surface area contributed by atoms with Gasteiger partial charge in [0.25, 0.3) is 0 Å². The van der Waals surface area contributed by atoms with Crippen LogP contribution in [-0.2, 0) is 6.42 Å². The summed E-state index contributed by atoms with van der Waals surface area (Å²) in [6, 6.07) is 21.1. The lowest BCUT2D eigenvalue weighted by molar-refractivity contribution is 0.905. The molecular formula is C18H19. The van der Waals surface area contributed by atoms with Crippen molar-refractivity contribution in [3.8, 4) is 0 Å². The van der Waals surface area contributed by atoms with E-state index in [2.05, 4.69) is 73.2 Å². The van der Waals surface area contributed by atoms with Crippen LogP contribution in [0, 0.1) is 6.42 Å². The van der Waals surface area contributed by atoms with Gasteiger partial charge in [-0.1, -0.05) is 72.8 Å². The van der Waals surface area contributed by atoms with Gasteiger partial charge in [-0.05, 0) is 36.8 Å². The lowest BCUT2D eigenvalue weighted by atomic mass is 10.1. The molecule has 0 aliphatic heterocycles. The van der Waals surface area contributed by atoms with E-state index in [1.54, 1.807) is 0 Å². The Hall–Kier alpha value is -1.82. The normalized spacial score (nSPS) is 10.9. The first-order valence-corrected chi connectivity index (χ1v) is 6.52. The molecular weight excluding hydrogens is 216 g/mol. The Bertz CT molecular complexity index is 454. The minimum atomic E-state index is 1.04. The largest absolute Gasteiger partial charge is 0.0837 e. The summed E-state index contributed by atoms with van der Waals surface area (Å²) in [6.07, 6.45) is 10.1. The summed E-state index contributed by atoms with van der Waals surface area (Å²) in [5.41, 5.74) is 2.69. The van der Waals surface area contributed by atoms with Crippen LogP contribution in [0.25, 0.3) is 6.08 Å². The van der Waals surface area contributed by atoms with Crippen LogP contribution in [0.4, 0.5) is 0 Å². The molecule has 0 atom stereocenters. The maximum absolute atomic E-state index is 2.34. The molecule has 0 saturated heterocycles. The van der Waals surface area contributed by atoms with Gasteiger partial charge in [0.15, 0.2) is 0 Å². The molecule has 2 aromatic carbocycles. The molecule has 0 N–H and O–H groups in total. The Balaban J connectivity index is 1.63. The van der Waals surface area contributed by atoms with Gasteiger partial charge >= 0.3 is 0 Å². The fraction of sp³-hybridized carbons (Fsp3) is 0.167. The van der Waals surface area contributed by atoms with Crippen molar-refractivity contribution in [1.29, 1.82) is 0 Å². The summed E-state index contributed by atoms with van der Waals surface area (Å²) in [5, 5.41) is 0. The smallest absolute Gasteiger partial charge is 0.0260 e. The topological polar surface area (TPSA) is 0 Å². The third-order valence-electron chi connectivity index (χ3n) is 2.89. The molecule has 0 heterocycles. The van der Waals surface area contributed by atoms with Gasteiger partial charge in [0.05, 0.1) is 0 Å². The van der Waals surface area contributed by atoms with E-state index in [0.29, 0.717) is 0 Å². The second-order valence-corrected chi connectivity index (χ2v) is 4.36. The number of unbranched alkanes of at least 4 members (excludes halogenated alkanes) is 2. The molecule has 0 aliphatic rings. The van der Waals surface area contributed by atoms with Crippen LogP contribution < -0.4 is 0 Å². The number of hydrogen-bond acceptors (Lipinski definition) is 0. The van der Waals surface area contributed by atoms with Crippen molar-refractivity contribution in [3.05, 3.63) is 84.3 Å². The average Bonchev–Trinajstić information content (AvgIpc) is 2.45. The first kappa shape index (κ1) is 12.6. The molecule has 0 unspecified atom stereocenters. The molecule has 18 heavy (non-hydrogen) atoms. The Morgan fingerprint density at radius 1 is 0.778 bits per heavy atom. The van der Waals surface area contributed by atoms with E-state index >= 15 is 0 Å². The van der Waals surface area contributed by atoms with Crippen molar-refractivity contribution in [1.82, 2.24) is 0 Å². The van der Waals surface area contributed by atoms with Gasteiger partial charge in [-0.3, -0.25) is 0 Å². The van der Waals surface area contributed by atoms with Crippen LogP contribution in [0.5, 0.6) is 0 Å². The highest BCUT2D eigenvalue weighted by molar-refractivity contribution is 5.48. The van der Waals surface area contributed by atoms with Crippen LogP contribution in [0.1, 0.15) is 24.0 Å². The van der Waals surface area contributed by atoms with E-state index in [9.17, 15) is 0 Å². The summed E-state index contributed by atoms with van der Waals surface area (Å²) in [5.74, 6) is 0. The van der Waals surface area contributed by atoms with Gasteiger partial charge in [-0.2, -0.15) is 0 Å². The monoisotopic (exact) mass is 235 g/mol. The summed E-state index contributed by atoms with van der Waals surface area (Å²) < 4.78 is 0. The van der Waals surface area contributed by atoms with Crippen molar-refractivity contribution >= 4 is 6.08 Å². The lowest BCUT2D eigenvalue weighted by Gasteiger charge is -1.99. The quantitative estimate of drug-likeness (QED) is 0.623. The van der Waals surface area contributed by atoms with Gasteiger partial charge in [-0.25, -0.2) is 0 Å². The van der Waals surface area contributed by atoms with Gasteiger partial charge < -0.3 is 0 Å². The van der Waals surface area contributed by atoms with E-state index in [0.717, 1.165) is 19.3 Å². The van der Waals surface area contributed by atoms with E-state index in [1.807, 2.05) is 6.07 Å². The third-order valence-corrected chi connectivity index (χ3v) is 2.89. The second-order valence-electron chi connectivity index (χ2n) is 4.36. The van der Waals surface area contributed by atoms with Crippen LogP contribution in [0.3, 0.4) is 0 Å². The molecule has 0 aliphatic carbocycles. The zero-order valence-electron chi connectivity index (χ0n) is 10.6. The molecule has 0 aromatic heterocycles. The van der Waals surface area contributed by atoms with Gasteiger partial charge in [0.1, 0.15) is 0 Å². The van der Waals surface area contributed by atoms with Gasteiger partial charge in [0.2, 0.25) is 0 Å². The highest BCUT2D eigenvalue weighted by atomic mass is 14.0. The molecule has 1 radical (unpaired) electrons. The van der Waals surface area contributed by atoms with E-state index in [-0.39, 0.29) is 0 Å². The summed E-state index contributed by atoms with van der Waals surface area (Å²) >= 11 is 0. The van der Waals surface area contributed by atoms with Crippen molar-refractivity contribution < 1.29 is 0 Å². The predicted octanol–water partition coefficient (Wildman–Crippen LogP) is 4.93. The van der Waals surface area contributed by atoms with Gasteiger partial charge in [-0.15, -0.1) is 0 Å². The van der Waals surface area contributed by atoms with Crippen LogP contribution in [-0.4, -0.2) is 0 Å². The maximum Gasteiger partial charge on any atom is -0.0260 e. The molecule has 2 aromatic rings. The van der Waals surface area contributed by atoms with Crippen molar-refractivity contribution in [3.63, 3.8) is 0 Å². The van der Waals surface area contributed by atoms with Crippen molar-refractivity contribution in [2.24, 2.45) is 0 Å². The molecule has 0 heteroatoms. The fourth-order valence-electron chi connectivity index (χ4n) is 1.90. The van der Waals surface area contributed by atoms with Gasteiger partial charge in [0, 0.05) is 0 Å². The maximum atomic E-state index is 2.34. The third kappa shape index (κ3) is 4.58. The molecule has 0 fully saturated rings. The predicted molar refractivity (Wildman–Crippen MR) is 79.2 cm³/mol. The Morgan fingerprint density at radius 3 is 2.17 bits per heavy atom. The van der Waals surface area contributed by atoms with Crippen LogP contribution in [0.15, 0.2) is 66.7 Å². The SMILES string of the molecule is [CH](C/C=C/c1ccccc1)CCc1ccccc1. The van der Waals surface area contributed by atoms with Crippen LogP contribution in [0.2, 0.25) is 0 Å². The summed E-state index contributed by atoms with van der Waals surface area (Å²) in [7, 11) is 0. The zero-order valence-corrected chi connectivity index (χ0v) is 10.6. The standard InChI is InChI=1S/C18H19/c1(5-11-17-13-7-3-8-14-17)2-6-12-18-15-9-4-10-16-18/h1,3-4,6-10,12-16H,2,5,11H2/b12-6+. The Morgan fingerprint density at radius 2 is 1.44 bits per heavy atom. The second kappa shape index (κ2) is 7.50. The Labute approximate surface area is 110 Å². The average molecular weight is 235 g/mol. The molecule has 0 bridgehead atoms. The molecule has 0 spiro atoms. The van der Waals surface area contributed by atoms with E-state index in [1.165, 1.54) is 11.1 Å². The molecule has 91 valence electrons. The number of hydrogen-bond donors (Lipinski definition) is 0. The fourth-order valence-corrected chi connectivity index (χ4v) is 1.90. The van der Waals surface area contributed by atoms with E-state index < -0.39 is 0 Å².